The molecule has 0 bridgehead atoms. The van der Waals surface area contributed by atoms with E-state index < -0.39 is 0 Å². The maximum atomic E-state index is 2.41. The van der Waals surface area contributed by atoms with Gasteiger partial charge in [-0.1, -0.05) is 35.9 Å². The SMILES string of the molecule is Cc1cccc(C2=CCC[C@@H](N(C)C)C2)c1. The van der Waals surface area contributed by atoms with Crippen LogP contribution < -0.4 is 0 Å². The molecule has 0 fully saturated rings. The molecule has 1 aliphatic rings. The normalized spacial score (nSPS) is 21.0. The van der Waals surface area contributed by atoms with E-state index in [1.165, 1.54) is 36.0 Å². The van der Waals surface area contributed by atoms with Gasteiger partial charge in [-0.3, -0.25) is 0 Å². The van der Waals surface area contributed by atoms with Crippen LogP contribution in [0.2, 0.25) is 0 Å². The second-order valence-corrected chi connectivity index (χ2v) is 5.00. The van der Waals surface area contributed by atoms with Crippen molar-refractivity contribution in [2.75, 3.05) is 14.1 Å². The van der Waals surface area contributed by atoms with E-state index in [1.807, 2.05) is 0 Å². The summed E-state index contributed by atoms with van der Waals surface area (Å²) in [7, 11) is 4.37. The molecule has 0 radical (unpaired) electrons. The van der Waals surface area contributed by atoms with Gasteiger partial charge in [0.15, 0.2) is 0 Å². The standard InChI is InChI=1S/C15H21N/c1-12-6-4-7-13(10-12)14-8-5-9-15(11-14)16(2)3/h4,6-8,10,15H,5,9,11H2,1-3H3/t15-/m1/s1. The van der Waals surface area contributed by atoms with Crippen LogP contribution in [0.25, 0.3) is 5.57 Å². The number of allylic oxidation sites excluding steroid dienone is 1. The molecule has 0 unspecified atom stereocenters. The molecule has 0 saturated carbocycles. The Morgan fingerprint density at radius 3 is 2.75 bits per heavy atom. The number of benzene rings is 1. The minimum Gasteiger partial charge on any atom is -0.306 e. The Balaban J connectivity index is 2.19. The van der Waals surface area contributed by atoms with Gasteiger partial charge in [0, 0.05) is 6.04 Å². The third-order valence-corrected chi connectivity index (χ3v) is 3.47. The second kappa shape index (κ2) is 4.84. The third-order valence-electron chi connectivity index (χ3n) is 3.47. The highest BCUT2D eigenvalue weighted by Crippen LogP contribution is 2.29. The van der Waals surface area contributed by atoms with Crippen molar-refractivity contribution in [3.8, 4) is 0 Å². The third kappa shape index (κ3) is 2.53. The number of aryl methyl sites for hydroxylation is 1. The van der Waals surface area contributed by atoms with Crippen LogP contribution in [0, 0.1) is 6.92 Å². The van der Waals surface area contributed by atoms with Crippen molar-refractivity contribution in [1.82, 2.24) is 4.90 Å². The van der Waals surface area contributed by atoms with Gasteiger partial charge in [0.05, 0.1) is 0 Å². The Kier molecular flexibility index (Phi) is 3.45. The highest BCUT2D eigenvalue weighted by atomic mass is 15.1. The minimum absolute atomic E-state index is 0.709. The molecule has 0 N–H and O–H groups in total. The van der Waals surface area contributed by atoms with Gasteiger partial charge in [-0.2, -0.15) is 0 Å². The minimum atomic E-state index is 0.709. The summed E-state index contributed by atoms with van der Waals surface area (Å²) in [5.74, 6) is 0. The van der Waals surface area contributed by atoms with Crippen molar-refractivity contribution in [2.24, 2.45) is 0 Å². The molecule has 1 nitrogen and oxygen atoms in total. The van der Waals surface area contributed by atoms with Crippen LogP contribution in [0.1, 0.15) is 30.4 Å². The molecule has 1 heteroatoms. The molecule has 86 valence electrons. The summed E-state index contributed by atoms with van der Waals surface area (Å²) in [6.45, 7) is 2.16. The van der Waals surface area contributed by atoms with Crippen molar-refractivity contribution >= 4 is 5.57 Å². The molecule has 1 atom stereocenters. The topological polar surface area (TPSA) is 3.24 Å². The molecule has 0 spiro atoms. The largest absolute Gasteiger partial charge is 0.306 e. The van der Waals surface area contributed by atoms with Gasteiger partial charge in [-0.25, -0.2) is 0 Å². The maximum absolute atomic E-state index is 2.41. The van der Waals surface area contributed by atoms with Crippen molar-refractivity contribution < 1.29 is 0 Å². The van der Waals surface area contributed by atoms with Crippen LogP contribution in [0.3, 0.4) is 0 Å². The lowest BCUT2D eigenvalue weighted by Crippen LogP contribution is -2.29. The maximum Gasteiger partial charge on any atom is 0.0133 e. The molecule has 0 saturated heterocycles. The molecule has 0 heterocycles. The first-order chi connectivity index (χ1) is 7.66. The van der Waals surface area contributed by atoms with E-state index in [9.17, 15) is 0 Å². The van der Waals surface area contributed by atoms with E-state index in [4.69, 9.17) is 0 Å². The molecule has 16 heavy (non-hydrogen) atoms. The van der Waals surface area contributed by atoms with Gasteiger partial charge in [0.1, 0.15) is 0 Å². The summed E-state index contributed by atoms with van der Waals surface area (Å²) in [5, 5.41) is 0. The van der Waals surface area contributed by atoms with Gasteiger partial charge in [-0.15, -0.1) is 0 Å². The monoisotopic (exact) mass is 215 g/mol. The molecule has 0 aromatic heterocycles. The van der Waals surface area contributed by atoms with Gasteiger partial charge in [0.2, 0.25) is 0 Å². The van der Waals surface area contributed by atoms with E-state index in [0.29, 0.717) is 6.04 Å². The lowest BCUT2D eigenvalue weighted by molar-refractivity contribution is 0.279. The molecule has 0 amide bonds. The van der Waals surface area contributed by atoms with Crippen LogP contribution in [0.5, 0.6) is 0 Å². The molecular weight excluding hydrogens is 194 g/mol. The van der Waals surface area contributed by atoms with Crippen molar-refractivity contribution in [3.05, 3.63) is 41.5 Å². The van der Waals surface area contributed by atoms with Gasteiger partial charge < -0.3 is 4.90 Å². The van der Waals surface area contributed by atoms with Crippen molar-refractivity contribution in [1.29, 1.82) is 0 Å². The summed E-state index contributed by atoms with van der Waals surface area (Å²) in [6, 6.07) is 9.56. The predicted molar refractivity (Wildman–Crippen MR) is 70.5 cm³/mol. The summed E-state index contributed by atoms with van der Waals surface area (Å²) in [5.41, 5.74) is 4.28. The van der Waals surface area contributed by atoms with Crippen LogP contribution >= 0.6 is 0 Å². The first kappa shape index (κ1) is 11.4. The molecule has 1 aliphatic carbocycles. The Morgan fingerprint density at radius 1 is 1.25 bits per heavy atom. The van der Waals surface area contributed by atoms with E-state index >= 15 is 0 Å². The molecule has 1 aromatic carbocycles. The zero-order valence-electron chi connectivity index (χ0n) is 10.5. The Labute approximate surface area is 98.8 Å². The molecular formula is C15H21N. The van der Waals surface area contributed by atoms with E-state index in [2.05, 4.69) is 56.3 Å². The van der Waals surface area contributed by atoms with Crippen LogP contribution in [0.15, 0.2) is 30.3 Å². The van der Waals surface area contributed by atoms with Crippen LogP contribution in [0.4, 0.5) is 0 Å². The molecule has 2 rings (SSSR count). The summed E-state index contributed by atoms with van der Waals surface area (Å²) in [4.78, 5) is 2.35. The number of nitrogens with zero attached hydrogens (tertiary/aromatic N) is 1. The average molecular weight is 215 g/mol. The molecule has 0 aliphatic heterocycles. The Morgan fingerprint density at radius 2 is 2.06 bits per heavy atom. The Bertz CT molecular complexity index is 390. The fraction of sp³-hybridized carbons (Fsp3) is 0.467. The zero-order valence-corrected chi connectivity index (χ0v) is 10.5. The van der Waals surface area contributed by atoms with Crippen molar-refractivity contribution in [2.45, 2.75) is 32.2 Å². The average Bonchev–Trinajstić information content (AvgIpc) is 2.29. The smallest absolute Gasteiger partial charge is 0.0133 e. The summed E-state index contributed by atoms with van der Waals surface area (Å²) in [6.07, 6.45) is 6.11. The lowest BCUT2D eigenvalue weighted by atomic mass is 9.89. The first-order valence-electron chi connectivity index (χ1n) is 6.09. The number of rotatable bonds is 2. The zero-order chi connectivity index (χ0) is 11.5. The fourth-order valence-corrected chi connectivity index (χ4v) is 2.41. The molecule has 1 aromatic rings. The van der Waals surface area contributed by atoms with E-state index in [-0.39, 0.29) is 0 Å². The fourth-order valence-electron chi connectivity index (χ4n) is 2.41. The quantitative estimate of drug-likeness (QED) is 0.730. The number of hydrogen-bond acceptors (Lipinski definition) is 1. The second-order valence-electron chi connectivity index (χ2n) is 5.00. The van der Waals surface area contributed by atoms with Gasteiger partial charge in [0.25, 0.3) is 0 Å². The number of hydrogen-bond donors (Lipinski definition) is 0. The van der Waals surface area contributed by atoms with Gasteiger partial charge >= 0.3 is 0 Å². The highest BCUT2D eigenvalue weighted by molar-refractivity contribution is 5.67. The van der Waals surface area contributed by atoms with Gasteiger partial charge in [-0.05, 0) is 51.4 Å². The summed E-state index contributed by atoms with van der Waals surface area (Å²) >= 11 is 0. The van der Waals surface area contributed by atoms with Crippen LogP contribution in [-0.2, 0) is 0 Å². The van der Waals surface area contributed by atoms with E-state index in [0.717, 1.165) is 0 Å². The predicted octanol–water partition coefficient (Wildman–Crippen LogP) is 3.49. The highest BCUT2D eigenvalue weighted by Gasteiger charge is 2.17. The lowest BCUT2D eigenvalue weighted by Gasteiger charge is -2.28. The Hall–Kier alpha value is -1.08. The van der Waals surface area contributed by atoms with Crippen LogP contribution in [-0.4, -0.2) is 25.0 Å². The summed E-state index contributed by atoms with van der Waals surface area (Å²) < 4.78 is 0. The first-order valence-corrected chi connectivity index (χ1v) is 6.09. The van der Waals surface area contributed by atoms with Crippen molar-refractivity contribution in [3.63, 3.8) is 0 Å². The van der Waals surface area contributed by atoms with E-state index in [1.54, 1.807) is 0 Å².